The molecule has 0 aromatic carbocycles. The van der Waals surface area contributed by atoms with Crippen molar-refractivity contribution in [3.8, 4) is 0 Å². The Kier molecular flexibility index (Phi) is 8.00. The summed E-state index contributed by atoms with van der Waals surface area (Å²) in [5, 5.41) is 1.44. The van der Waals surface area contributed by atoms with Gasteiger partial charge < -0.3 is 8.84 Å². The van der Waals surface area contributed by atoms with E-state index in [0.29, 0.717) is 23.2 Å². The van der Waals surface area contributed by atoms with Gasteiger partial charge >= 0.3 is 0 Å². The van der Waals surface area contributed by atoms with E-state index in [1.54, 1.807) is 0 Å². The Bertz CT molecular complexity index is 597. The average Bonchev–Trinajstić information content (AvgIpc) is 2.89. The van der Waals surface area contributed by atoms with Crippen molar-refractivity contribution in [2.24, 2.45) is 0 Å². The summed E-state index contributed by atoms with van der Waals surface area (Å²) in [6.45, 7) is 30.5. The first kappa shape index (κ1) is 24.5. The highest BCUT2D eigenvalue weighted by Gasteiger charge is 2.46. The van der Waals surface area contributed by atoms with Gasteiger partial charge in [-0.05, 0) is 27.7 Å². The first-order chi connectivity index (χ1) is 12.2. The van der Waals surface area contributed by atoms with Crippen LogP contribution in [0.5, 0.6) is 0 Å². The predicted octanol–water partition coefficient (Wildman–Crippen LogP) is 7.42. The van der Waals surface area contributed by atoms with E-state index in [2.05, 4.69) is 88.1 Å². The Balaban J connectivity index is 3.35. The number of hydrogen-bond donors (Lipinski definition) is 0. The molecule has 156 valence electrons. The first-order valence-corrected chi connectivity index (χ1v) is 15.7. The molecule has 4 heteroatoms. The largest absolute Gasteiger partial charge is 0.471 e. The van der Waals surface area contributed by atoms with Crippen LogP contribution in [-0.2, 0) is 17.5 Å². The minimum absolute atomic E-state index is 0.230. The van der Waals surface area contributed by atoms with E-state index >= 15 is 0 Å². The van der Waals surface area contributed by atoms with Crippen molar-refractivity contribution in [3.63, 3.8) is 0 Å². The second-order valence-electron chi connectivity index (χ2n) is 10.5. The highest BCUT2D eigenvalue weighted by atomic mass is 28.4. The molecule has 0 amide bonds. The van der Waals surface area contributed by atoms with Crippen molar-refractivity contribution in [1.82, 2.24) is 0 Å². The molecule has 1 aromatic heterocycles. The van der Waals surface area contributed by atoms with Crippen molar-refractivity contribution in [2.75, 3.05) is 0 Å². The molecule has 1 aromatic rings. The maximum Gasteiger partial charge on any atom is 0.200 e. The molecule has 0 unspecified atom stereocenters. The number of rotatable bonds is 9. The Labute approximate surface area is 170 Å². The van der Waals surface area contributed by atoms with E-state index in [9.17, 15) is 0 Å². The van der Waals surface area contributed by atoms with Crippen LogP contribution in [-0.4, -0.2) is 16.4 Å². The van der Waals surface area contributed by atoms with Crippen LogP contribution >= 0.6 is 0 Å². The summed E-state index contributed by atoms with van der Waals surface area (Å²) in [5.74, 6) is 1.02. The van der Waals surface area contributed by atoms with Gasteiger partial charge in [0.1, 0.15) is 13.8 Å². The molecule has 2 nitrogen and oxygen atoms in total. The van der Waals surface area contributed by atoms with Crippen molar-refractivity contribution in [3.05, 3.63) is 30.0 Å². The molecule has 0 bridgehead atoms. The second-order valence-corrected chi connectivity index (χ2v) is 21.2. The molecular formula is C23H44O2Si2. The van der Waals surface area contributed by atoms with Gasteiger partial charge in [0.15, 0.2) is 0 Å². The molecular weight excluding hydrogens is 364 g/mol. The first-order valence-electron chi connectivity index (χ1n) is 10.6. The Morgan fingerprint density at radius 1 is 1.04 bits per heavy atom. The van der Waals surface area contributed by atoms with Crippen LogP contribution in [0.3, 0.4) is 0 Å². The molecule has 0 aliphatic heterocycles. The van der Waals surface area contributed by atoms with Gasteiger partial charge in [-0.25, -0.2) is 0 Å². The van der Waals surface area contributed by atoms with Crippen LogP contribution in [0.2, 0.25) is 34.8 Å². The lowest BCUT2D eigenvalue weighted by molar-refractivity contribution is 0.266. The average molecular weight is 409 g/mol. The van der Waals surface area contributed by atoms with Gasteiger partial charge in [0.2, 0.25) is 8.32 Å². The molecule has 0 saturated heterocycles. The third-order valence-electron chi connectivity index (χ3n) is 6.83. The molecule has 1 heterocycles. The summed E-state index contributed by atoms with van der Waals surface area (Å²) >= 11 is 0. The zero-order chi connectivity index (χ0) is 21.2. The third kappa shape index (κ3) is 4.88. The summed E-state index contributed by atoms with van der Waals surface area (Å²) < 4.78 is 13.3. The molecule has 0 aliphatic carbocycles. The minimum atomic E-state index is -1.89. The summed E-state index contributed by atoms with van der Waals surface area (Å²) in [4.78, 5) is 0. The summed E-state index contributed by atoms with van der Waals surface area (Å²) in [5.41, 5.74) is 3.05. The van der Waals surface area contributed by atoms with Gasteiger partial charge in [-0.3, -0.25) is 0 Å². The van der Waals surface area contributed by atoms with Crippen molar-refractivity contribution >= 4 is 21.8 Å². The fourth-order valence-corrected chi connectivity index (χ4v) is 11.8. The van der Waals surface area contributed by atoms with E-state index in [1.165, 1.54) is 10.9 Å². The zero-order valence-corrected chi connectivity index (χ0v) is 21.8. The molecule has 0 radical (unpaired) electrons. The van der Waals surface area contributed by atoms with Gasteiger partial charge in [0.25, 0.3) is 0 Å². The van der Waals surface area contributed by atoms with Crippen LogP contribution in [0.25, 0.3) is 0 Å². The van der Waals surface area contributed by atoms with Gasteiger partial charge in [0, 0.05) is 12.0 Å². The van der Waals surface area contributed by atoms with Crippen LogP contribution in [0.4, 0.5) is 0 Å². The van der Waals surface area contributed by atoms with Gasteiger partial charge in [-0.2, -0.15) is 0 Å². The van der Waals surface area contributed by atoms with E-state index in [-0.39, 0.29) is 5.04 Å². The number of hydrogen-bond acceptors (Lipinski definition) is 2. The smallest absolute Gasteiger partial charge is 0.200 e. The van der Waals surface area contributed by atoms with E-state index < -0.39 is 16.4 Å². The fourth-order valence-electron chi connectivity index (χ4n) is 4.41. The number of allylic oxidation sites excluding steroid dienone is 1. The topological polar surface area (TPSA) is 22.4 Å². The van der Waals surface area contributed by atoms with Gasteiger partial charge in [-0.1, -0.05) is 81.5 Å². The third-order valence-corrected chi connectivity index (χ3v) is 18.2. The number of furan rings is 1. The summed E-state index contributed by atoms with van der Waals surface area (Å²) in [6, 6.07) is 2.23. The summed E-state index contributed by atoms with van der Waals surface area (Å²) in [6.07, 6.45) is 2.71. The SMILES string of the molecule is C=CCc1cc(CO[Si](C(C)C)(C(C)C)C(C)C)c([Si](C)(C)C(C)(C)C)o1. The Morgan fingerprint density at radius 2 is 1.52 bits per heavy atom. The molecule has 0 aliphatic rings. The van der Waals surface area contributed by atoms with E-state index in [0.717, 1.165) is 12.2 Å². The van der Waals surface area contributed by atoms with Crippen molar-refractivity contribution < 1.29 is 8.84 Å². The maximum atomic E-state index is 6.92. The highest BCUT2D eigenvalue weighted by Crippen LogP contribution is 2.43. The normalized spacial score (nSPS) is 13.9. The second kappa shape index (κ2) is 8.83. The predicted molar refractivity (Wildman–Crippen MR) is 125 cm³/mol. The minimum Gasteiger partial charge on any atom is -0.471 e. The molecule has 0 N–H and O–H groups in total. The molecule has 0 saturated carbocycles. The van der Waals surface area contributed by atoms with Crippen LogP contribution in [0.1, 0.15) is 73.6 Å². The molecule has 1 rings (SSSR count). The van der Waals surface area contributed by atoms with Crippen molar-refractivity contribution in [2.45, 2.75) is 110 Å². The van der Waals surface area contributed by atoms with Crippen LogP contribution in [0, 0.1) is 0 Å². The summed E-state index contributed by atoms with van der Waals surface area (Å²) in [7, 11) is -3.67. The van der Waals surface area contributed by atoms with Gasteiger partial charge in [0.05, 0.1) is 12.0 Å². The highest BCUT2D eigenvalue weighted by molar-refractivity contribution is 6.91. The molecule has 0 atom stereocenters. The lowest BCUT2D eigenvalue weighted by Gasteiger charge is -2.42. The van der Waals surface area contributed by atoms with E-state index in [4.69, 9.17) is 8.84 Å². The fraction of sp³-hybridized carbons (Fsp3) is 0.739. The molecule has 27 heavy (non-hydrogen) atoms. The lowest BCUT2D eigenvalue weighted by atomic mass is 10.2. The Morgan fingerprint density at radius 3 is 1.89 bits per heavy atom. The Hall–Kier alpha value is -0.586. The monoisotopic (exact) mass is 408 g/mol. The van der Waals surface area contributed by atoms with Gasteiger partial charge in [-0.15, -0.1) is 6.58 Å². The zero-order valence-electron chi connectivity index (χ0n) is 19.8. The molecule has 0 spiro atoms. The van der Waals surface area contributed by atoms with Crippen LogP contribution < -0.4 is 5.38 Å². The molecule has 0 fully saturated rings. The van der Waals surface area contributed by atoms with Crippen LogP contribution in [0.15, 0.2) is 23.1 Å². The van der Waals surface area contributed by atoms with E-state index in [1.807, 2.05) is 6.08 Å². The van der Waals surface area contributed by atoms with Crippen molar-refractivity contribution in [1.29, 1.82) is 0 Å². The quantitative estimate of drug-likeness (QED) is 0.313. The standard InChI is InChI=1S/C23H44O2Si2/c1-13-14-21-15-20(22(25-21)26(11,12)23(8,9)10)16-24-27(17(2)3,18(4)5)19(6)7/h13,15,17-19H,1,14,16H2,2-12H3. The maximum absolute atomic E-state index is 6.92. The lowest BCUT2D eigenvalue weighted by Crippen LogP contribution is -2.51.